The molecule has 0 aliphatic carbocycles. The van der Waals surface area contributed by atoms with Gasteiger partial charge >= 0.3 is 0 Å². The molecule has 0 spiro atoms. The smallest absolute Gasteiger partial charge is 0.244 e. The summed E-state index contributed by atoms with van der Waals surface area (Å²) in [4.78, 5) is 0.189. The van der Waals surface area contributed by atoms with E-state index in [1.807, 2.05) is 6.92 Å². The Bertz CT molecular complexity index is 637. The number of aliphatic hydroxyl groups excluding tert-OH is 1. The number of aromatic nitrogens is 1. The van der Waals surface area contributed by atoms with Gasteiger partial charge in [-0.3, -0.25) is 0 Å². The molecule has 110 valence electrons. The zero-order chi connectivity index (χ0) is 14.8. The van der Waals surface area contributed by atoms with Crippen LogP contribution in [0.15, 0.2) is 40.2 Å². The Kier molecular flexibility index (Phi) is 4.32. The highest BCUT2D eigenvalue weighted by molar-refractivity contribution is 7.89. The molecular weight excluding hydrogens is 280 g/mol. The first-order valence-electron chi connectivity index (χ1n) is 6.26. The van der Waals surface area contributed by atoms with Gasteiger partial charge in [-0.1, -0.05) is 0 Å². The van der Waals surface area contributed by atoms with E-state index in [1.54, 1.807) is 16.8 Å². The number of sulfonamides is 1. The van der Waals surface area contributed by atoms with Crippen LogP contribution in [0.3, 0.4) is 0 Å². The molecule has 0 atom stereocenters. The van der Waals surface area contributed by atoms with Crippen LogP contribution in [0, 0.1) is 0 Å². The van der Waals surface area contributed by atoms with Gasteiger partial charge in [0, 0.05) is 37.6 Å². The molecule has 0 aromatic carbocycles. The first-order chi connectivity index (χ1) is 9.48. The number of hydrogen-bond donors (Lipinski definition) is 1. The molecular formula is C13H18N2O4S. The molecule has 0 amide bonds. The van der Waals surface area contributed by atoms with Crippen LogP contribution in [0.4, 0.5) is 0 Å². The summed E-state index contributed by atoms with van der Waals surface area (Å²) in [6.45, 7) is 2.56. The van der Waals surface area contributed by atoms with Crippen LogP contribution in [0.25, 0.3) is 0 Å². The largest absolute Gasteiger partial charge is 0.472 e. The van der Waals surface area contributed by atoms with Crippen molar-refractivity contribution in [2.24, 2.45) is 0 Å². The number of furan rings is 1. The van der Waals surface area contributed by atoms with Gasteiger partial charge in [-0.15, -0.1) is 0 Å². The zero-order valence-corrected chi connectivity index (χ0v) is 12.3. The second-order valence-corrected chi connectivity index (χ2v) is 6.55. The molecule has 2 aromatic rings. The summed E-state index contributed by atoms with van der Waals surface area (Å²) in [5.41, 5.74) is 1.37. The summed E-state index contributed by atoms with van der Waals surface area (Å²) in [6, 6.07) is 3.23. The van der Waals surface area contributed by atoms with Gasteiger partial charge in [0.15, 0.2) is 0 Å². The Balaban J connectivity index is 2.27. The van der Waals surface area contributed by atoms with Gasteiger partial charge in [-0.25, -0.2) is 8.42 Å². The van der Waals surface area contributed by atoms with Crippen molar-refractivity contribution in [1.29, 1.82) is 0 Å². The third kappa shape index (κ3) is 2.79. The van der Waals surface area contributed by atoms with E-state index in [2.05, 4.69) is 0 Å². The minimum Gasteiger partial charge on any atom is -0.472 e. The molecule has 1 N–H and O–H groups in total. The Morgan fingerprint density at radius 3 is 2.70 bits per heavy atom. The van der Waals surface area contributed by atoms with Crippen molar-refractivity contribution in [2.75, 3.05) is 7.05 Å². The number of aryl methyl sites for hydroxylation is 1. The third-order valence-corrected chi connectivity index (χ3v) is 4.93. The van der Waals surface area contributed by atoms with Crippen molar-refractivity contribution in [1.82, 2.24) is 8.87 Å². The molecule has 0 bridgehead atoms. The Hall–Kier alpha value is -1.57. The van der Waals surface area contributed by atoms with Gasteiger partial charge in [0.1, 0.15) is 4.90 Å². The number of aliphatic hydroxyl groups is 1. The number of nitrogens with zero attached hydrogens (tertiary/aromatic N) is 2. The van der Waals surface area contributed by atoms with Crippen molar-refractivity contribution in [3.8, 4) is 0 Å². The summed E-state index contributed by atoms with van der Waals surface area (Å²) >= 11 is 0. The zero-order valence-electron chi connectivity index (χ0n) is 11.5. The topological polar surface area (TPSA) is 75.7 Å². The molecule has 2 rings (SSSR count). The van der Waals surface area contributed by atoms with E-state index < -0.39 is 10.0 Å². The van der Waals surface area contributed by atoms with E-state index in [4.69, 9.17) is 4.42 Å². The van der Waals surface area contributed by atoms with Crippen LogP contribution in [0.5, 0.6) is 0 Å². The predicted octanol–water partition coefficient (Wildman–Crippen LogP) is 1.41. The van der Waals surface area contributed by atoms with E-state index in [-0.39, 0.29) is 18.0 Å². The lowest BCUT2D eigenvalue weighted by Crippen LogP contribution is -2.26. The van der Waals surface area contributed by atoms with E-state index >= 15 is 0 Å². The van der Waals surface area contributed by atoms with Crippen molar-refractivity contribution < 1.29 is 17.9 Å². The molecule has 0 saturated heterocycles. The maximum atomic E-state index is 12.5. The average molecular weight is 298 g/mol. The van der Waals surface area contributed by atoms with Gasteiger partial charge in [0.2, 0.25) is 10.0 Å². The van der Waals surface area contributed by atoms with E-state index in [1.165, 1.54) is 29.9 Å². The fraction of sp³-hybridized carbons (Fsp3) is 0.385. The lowest BCUT2D eigenvalue weighted by atomic mass is 10.3. The summed E-state index contributed by atoms with van der Waals surface area (Å²) < 4.78 is 32.8. The summed E-state index contributed by atoms with van der Waals surface area (Å²) in [5.74, 6) is 0. The molecule has 7 heteroatoms. The molecule has 20 heavy (non-hydrogen) atoms. The van der Waals surface area contributed by atoms with Gasteiger partial charge in [0.05, 0.1) is 19.1 Å². The van der Waals surface area contributed by atoms with Gasteiger partial charge in [0.25, 0.3) is 0 Å². The summed E-state index contributed by atoms with van der Waals surface area (Å²) in [5, 5.41) is 9.23. The van der Waals surface area contributed by atoms with Gasteiger partial charge < -0.3 is 14.1 Å². The summed E-state index contributed by atoms with van der Waals surface area (Å²) in [6.07, 6.45) is 4.57. The fourth-order valence-corrected chi connectivity index (χ4v) is 3.22. The Morgan fingerprint density at radius 1 is 1.45 bits per heavy atom. The van der Waals surface area contributed by atoms with Crippen LogP contribution in [-0.2, 0) is 29.7 Å². The highest BCUT2D eigenvalue weighted by atomic mass is 32.2. The van der Waals surface area contributed by atoms with Crippen molar-refractivity contribution in [3.63, 3.8) is 0 Å². The van der Waals surface area contributed by atoms with Crippen LogP contribution in [0.1, 0.15) is 18.2 Å². The van der Waals surface area contributed by atoms with E-state index in [0.29, 0.717) is 12.2 Å². The molecule has 0 aliphatic rings. The Labute approximate surface area is 118 Å². The molecule has 6 nitrogen and oxygen atoms in total. The van der Waals surface area contributed by atoms with Crippen molar-refractivity contribution >= 4 is 10.0 Å². The standard InChI is InChI=1S/C13H18N2O4S/c1-3-15-8-13(6-12(15)9-16)20(17,18)14(2)7-11-4-5-19-10-11/h4-6,8,10,16H,3,7,9H2,1-2H3. The van der Waals surface area contributed by atoms with Gasteiger partial charge in [-0.2, -0.15) is 4.31 Å². The Morgan fingerprint density at radius 2 is 2.20 bits per heavy atom. The highest BCUT2D eigenvalue weighted by Crippen LogP contribution is 2.20. The monoisotopic (exact) mass is 298 g/mol. The lowest BCUT2D eigenvalue weighted by molar-refractivity contribution is 0.271. The maximum absolute atomic E-state index is 12.5. The predicted molar refractivity (Wildman–Crippen MR) is 73.4 cm³/mol. The van der Waals surface area contributed by atoms with Crippen LogP contribution >= 0.6 is 0 Å². The first-order valence-corrected chi connectivity index (χ1v) is 7.70. The highest BCUT2D eigenvalue weighted by Gasteiger charge is 2.23. The molecule has 0 radical (unpaired) electrons. The molecule has 0 unspecified atom stereocenters. The quantitative estimate of drug-likeness (QED) is 0.875. The minimum absolute atomic E-state index is 0.186. The SMILES string of the molecule is CCn1cc(S(=O)(=O)N(C)Cc2ccoc2)cc1CO. The maximum Gasteiger partial charge on any atom is 0.244 e. The first kappa shape index (κ1) is 14.8. The molecule has 0 aliphatic heterocycles. The second-order valence-electron chi connectivity index (χ2n) is 4.50. The third-order valence-electron chi connectivity index (χ3n) is 3.16. The van der Waals surface area contributed by atoms with Crippen LogP contribution < -0.4 is 0 Å². The van der Waals surface area contributed by atoms with Crippen LogP contribution in [0.2, 0.25) is 0 Å². The fourth-order valence-electron chi connectivity index (χ4n) is 2.00. The molecule has 0 saturated carbocycles. The number of rotatable bonds is 6. The van der Waals surface area contributed by atoms with E-state index in [0.717, 1.165) is 5.56 Å². The normalized spacial score (nSPS) is 12.2. The van der Waals surface area contributed by atoms with Crippen molar-refractivity contribution in [3.05, 3.63) is 42.1 Å². The van der Waals surface area contributed by atoms with Gasteiger partial charge in [-0.05, 0) is 19.1 Å². The molecule has 2 heterocycles. The molecule has 2 aromatic heterocycles. The molecule has 0 fully saturated rings. The summed E-state index contributed by atoms with van der Waals surface area (Å²) in [7, 11) is -2.06. The van der Waals surface area contributed by atoms with Crippen LogP contribution in [-0.4, -0.2) is 29.4 Å². The van der Waals surface area contributed by atoms with E-state index in [9.17, 15) is 13.5 Å². The average Bonchev–Trinajstić information content (AvgIpc) is 3.06. The van der Waals surface area contributed by atoms with Crippen molar-refractivity contribution in [2.45, 2.75) is 31.5 Å². The minimum atomic E-state index is -3.58. The number of hydrogen-bond acceptors (Lipinski definition) is 4. The second kappa shape index (κ2) is 5.82. The lowest BCUT2D eigenvalue weighted by Gasteiger charge is -2.15.